The zero-order valence-corrected chi connectivity index (χ0v) is 13.4. The van der Waals surface area contributed by atoms with Gasteiger partial charge in [-0.2, -0.15) is 8.75 Å². The van der Waals surface area contributed by atoms with Crippen molar-refractivity contribution in [1.82, 2.24) is 14.1 Å². The Labute approximate surface area is 129 Å². The summed E-state index contributed by atoms with van der Waals surface area (Å²) in [7, 11) is 0. The van der Waals surface area contributed by atoms with Crippen LogP contribution in [0.15, 0.2) is 0 Å². The normalized spacial score (nSPS) is 22.0. The van der Waals surface area contributed by atoms with Crippen molar-refractivity contribution in [3.05, 3.63) is 0 Å². The number of halogens is 1. The first-order valence-corrected chi connectivity index (χ1v) is 7.43. The number of piperazine rings is 1. The van der Waals surface area contributed by atoms with Gasteiger partial charge in [-0.05, 0) is 6.42 Å². The van der Waals surface area contributed by atoms with Crippen LogP contribution in [-0.2, 0) is 4.79 Å². The second-order valence-electron chi connectivity index (χ2n) is 5.74. The van der Waals surface area contributed by atoms with Crippen LogP contribution < -0.4 is 15.1 Å². The highest BCUT2D eigenvalue weighted by atomic mass is 35.5. The third-order valence-corrected chi connectivity index (χ3v) is 4.42. The molecule has 0 aliphatic carbocycles. The maximum atomic E-state index is 12.4. The van der Waals surface area contributed by atoms with Gasteiger partial charge in [-0.25, -0.2) is 0 Å². The number of carbonyl (C=O) groups is 1. The van der Waals surface area contributed by atoms with Crippen molar-refractivity contribution in [3.63, 3.8) is 0 Å². The molecule has 0 unspecified atom stereocenters. The summed E-state index contributed by atoms with van der Waals surface area (Å²) in [5.41, 5.74) is -0.273. The number of carbonyl (C=O) groups excluding carboxylic acids is 1. The quantitative estimate of drug-likeness (QED) is 0.886. The summed E-state index contributed by atoms with van der Waals surface area (Å²) in [6, 6.07) is 0. The average molecular weight is 318 g/mol. The van der Waals surface area contributed by atoms with Gasteiger partial charge < -0.3 is 10.2 Å². The van der Waals surface area contributed by atoms with Crippen LogP contribution in [0.5, 0.6) is 0 Å². The molecule has 3 heterocycles. The van der Waals surface area contributed by atoms with E-state index in [1.807, 2.05) is 13.8 Å². The first-order valence-electron chi connectivity index (χ1n) is 6.70. The third kappa shape index (κ3) is 2.62. The van der Waals surface area contributed by atoms with Crippen LogP contribution in [0.4, 0.5) is 11.6 Å². The Balaban J connectivity index is 0.00000147. The lowest BCUT2D eigenvalue weighted by Crippen LogP contribution is -2.44. The molecule has 6 nitrogen and oxygen atoms in total. The molecule has 0 radical (unpaired) electrons. The maximum Gasteiger partial charge on any atom is 0.233 e. The molecule has 2 saturated heterocycles. The van der Waals surface area contributed by atoms with Crippen LogP contribution in [0, 0.1) is 5.41 Å². The van der Waals surface area contributed by atoms with Gasteiger partial charge in [-0.1, -0.05) is 13.8 Å². The van der Waals surface area contributed by atoms with Crippen LogP contribution in [0.25, 0.3) is 0 Å². The fourth-order valence-corrected chi connectivity index (χ4v) is 3.17. The Bertz CT molecular complexity index is 486. The van der Waals surface area contributed by atoms with E-state index in [1.54, 1.807) is 4.90 Å². The second-order valence-corrected chi connectivity index (χ2v) is 6.27. The van der Waals surface area contributed by atoms with Gasteiger partial charge in [0, 0.05) is 38.1 Å². The van der Waals surface area contributed by atoms with Crippen LogP contribution in [0.1, 0.15) is 20.3 Å². The lowest BCUT2D eigenvalue weighted by molar-refractivity contribution is -0.124. The lowest BCUT2D eigenvalue weighted by atomic mass is 9.92. The van der Waals surface area contributed by atoms with Crippen molar-refractivity contribution < 1.29 is 4.79 Å². The highest BCUT2D eigenvalue weighted by molar-refractivity contribution is 6.99. The minimum atomic E-state index is -0.273. The Hall–Kier alpha value is -0.920. The average Bonchev–Trinajstić information content (AvgIpc) is 2.97. The molecule has 0 aromatic carbocycles. The van der Waals surface area contributed by atoms with Gasteiger partial charge in [0.2, 0.25) is 5.91 Å². The van der Waals surface area contributed by atoms with Crippen LogP contribution in [0.2, 0.25) is 0 Å². The van der Waals surface area contributed by atoms with Crippen molar-refractivity contribution in [2.45, 2.75) is 20.3 Å². The number of rotatable bonds is 2. The predicted octanol–water partition coefficient (Wildman–Crippen LogP) is 1.13. The van der Waals surface area contributed by atoms with Crippen molar-refractivity contribution >= 4 is 41.7 Å². The van der Waals surface area contributed by atoms with Gasteiger partial charge in [-0.15, -0.1) is 12.4 Å². The Kier molecular flexibility index (Phi) is 4.51. The molecule has 2 fully saturated rings. The Morgan fingerprint density at radius 2 is 1.80 bits per heavy atom. The molecule has 1 amide bonds. The number of anilines is 2. The minimum absolute atomic E-state index is 0. The number of aromatic nitrogens is 2. The number of hydrogen-bond acceptors (Lipinski definition) is 6. The molecule has 0 bridgehead atoms. The molecule has 1 aromatic heterocycles. The molecule has 20 heavy (non-hydrogen) atoms. The first kappa shape index (κ1) is 15.5. The number of nitrogens with one attached hydrogen (secondary N) is 1. The van der Waals surface area contributed by atoms with Crippen molar-refractivity contribution in [2.75, 3.05) is 42.5 Å². The van der Waals surface area contributed by atoms with E-state index >= 15 is 0 Å². The van der Waals surface area contributed by atoms with Crippen LogP contribution in [-0.4, -0.2) is 47.4 Å². The summed E-state index contributed by atoms with van der Waals surface area (Å²) < 4.78 is 8.76. The number of hydrogen-bond donors (Lipinski definition) is 1. The highest BCUT2D eigenvalue weighted by Crippen LogP contribution is 2.37. The Morgan fingerprint density at radius 1 is 1.15 bits per heavy atom. The summed E-state index contributed by atoms with van der Waals surface area (Å²) in [6.45, 7) is 8.50. The van der Waals surface area contributed by atoms with E-state index in [0.29, 0.717) is 0 Å². The zero-order chi connectivity index (χ0) is 13.5. The molecule has 0 spiro atoms. The maximum absolute atomic E-state index is 12.4. The molecular formula is C12H20ClN5OS. The van der Waals surface area contributed by atoms with Gasteiger partial charge in [0.1, 0.15) is 0 Å². The largest absolute Gasteiger partial charge is 0.350 e. The smallest absolute Gasteiger partial charge is 0.233 e. The summed E-state index contributed by atoms with van der Waals surface area (Å²) in [5.74, 6) is 1.79. The van der Waals surface area contributed by atoms with Crippen LogP contribution in [0.3, 0.4) is 0 Å². The van der Waals surface area contributed by atoms with E-state index in [2.05, 4.69) is 19.0 Å². The van der Waals surface area contributed by atoms with Gasteiger partial charge in [0.15, 0.2) is 11.6 Å². The summed E-state index contributed by atoms with van der Waals surface area (Å²) in [4.78, 5) is 16.4. The molecule has 0 saturated carbocycles. The predicted molar refractivity (Wildman–Crippen MR) is 83.0 cm³/mol. The summed E-state index contributed by atoms with van der Waals surface area (Å²) in [6.07, 6.45) is 0.879. The summed E-state index contributed by atoms with van der Waals surface area (Å²) in [5, 5.41) is 3.32. The third-order valence-electron chi connectivity index (χ3n) is 3.91. The Morgan fingerprint density at radius 3 is 2.40 bits per heavy atom. The van der Waals surface area contributed by atoms with Gasteiger partial charge >= 0.3 is 0 Å². The molecule has 8 heteroatoms. The molecule has 0 atom stereocenters. The molecular weight excluding hydrogens is 298 g/mol. The van der Waals surface area contributed by atoms with E-state index in [-0.39, 0.29) is 23.7 Å². The molecule has 2 aliphatic heterocycles. The molecule has 3 rings (SSSR count). The van der Waals surface area contributed by atoms with E-state index in [9.17, 15) is 4.79 Å². The standard InChI is InChI=1S/C12H19N5OS.ClH/c1-12(2)3-6-17(11(12)18)10-9(14-19-15-10)16-7-4-13-5-8-16;/h13H,3-8H2,1-2H3;1H. The molecule has 2 aliphatic rings. The lowest BCUT2D eigenvalue weighted by Gasteiger charge is -2.29. The number of amides is 1. The molecule has 112 valence electrons. The van der Waals surface area contributed by atoms with Gasteiger partial charge in [0.05, 0.1) is 11.7 Å². The van der Waals surface area contributed by atoms with Crippen molar-refractivity contribution in [3.8, 4) is 0 Å². The van der Waals surface area contributed by atoms with E-state index < -0.39 is 0 Å². The second kappa shape index (κ2) is 5.83. The summed E-state index contributed by atoms with van der Waals surface area (Å²) >= 11 is 1.19. The zero-order valence-electron chi connectivity index (χ0n) is 11.8. The van der Waals surface area contributed by atoms with Gasteiger partial charge in [-0.3, -0.25) is 9.69 Å². The van der Waals surface area contributed by atoms with Crippen molar-refractivity contribution in [2.24, 2.45) is 5.41 Å². The van der Waals surface area contributed by atoms with E-state index in [4.69, 9.17) is 0 Å². The topological polar surface area (TPSA) is 61.4 Å². The monoisotopic (exact) mass is 317 g/mol. The minimum Gasteiger partial charge on any atom is -0.350 e. The van der Waals surface area contributed by atoms with E-state index in [1.165, 1.54) is 11.7 Å². The fourth-order valence-electron chi connectivity index (χ4n) is 2.59. The SMILES string of the molecule is CC1(C)CCN(c2nsnc2N2CCNCC2)C1=O.Cl. The molecule has 1 N–H and O–H groups in total. The fraction of sp³-hybridized carbons (Fsp3) is 0.750. The van der Waals surface area contributed by atoms with Crippen LogP contribution >= 0.6 is 24.1 Å². The first-order chi connectivity index (χ1) is 9.09. The van der Waals surface area contributed by atoms with Crippen molar-refractivity contribution in [1.29, 1.82) is 0 Å². The number of nitrogens with zero attached hydrogens (tertiary/aromatic N) is 4. The molecule has 1 aromatic rings. The van der Waals surface area contributed by atoms with Gasteiger partial charge in [0.25, 0.3) is 0 Å². The van der Waals surface area contributed by atoms with E-state index in [0.717, 1.165) is 50.8 Å². The highest BCUT2D eigenvalue weighted by Gasteiger charge is 2.41.